The van der Waals surface area contributed by atoms with Gasteiger partial charge in [0.2, 0.25) is 0 Å². The van der Waals surface area contributed by atoms with Crippen LogP contribution in [0.25, 0.3) is 0 Å². The van der Waals surface area contributed by atoms with E-state index in [0.717, 1.165) is 12.8 Å². The Kier molecular flexibility index (Phi) is 0.976. The molecule has 0 aliphatic heterocycles. The van der Waals surface area contributed by atoms with E-state index < -0.39 is 0 Å². The molecule has 0 spiro atoms. The van der Waals surface area contributed by atoms with Crippen LogP contribution >= 0.6 is 0 Å². The number of fused-ring (bicyclic) bond motifs is 2. The van der Waals surface area contributed by atoms with Gasteiger partial charge >= 0.3 is 0 Å². The van der Waals surface area contributed by atoms with Crippen LogP contribution in [-0.4, -0.2) is 0 Å². The summed E-state index contributed by atoms with van der Waals surface area (Å²) in [5.41, 5.74) is 1.51. The number of allylic oxidation sites excluding steroid dienone is 2. The van der Waals surface area contributed by atoms with E-state index >= 15 is 0 Å². The number of hydrogen-bond acceptors (Lipinski definition) is 1. The van der Waals surface area contributed by atoms with E-state index in [-0.39, 0.29) is 5.41 Å². The highest BCUT2D eigenvalue weighted by Gasteiger charge is 2.43. The molecule has 0 aromatic carbocycles. The van der Waals surface area contributed by atoms with Crippen molar-refractivity contribution in [2.75, 3.05) is 0 Å². The van der Waals surface area contributed by atoms with Crippen LogP contribution in [0.2, 0.25) is 0 Å². The molecule has 0 radical (unpaired) electrons. The minimum absolute atomic E-state index is 0.00984. The molecule has 0 N–H and O–H groups in total. The molecular weight excluding hydrogens is 122 g/mol. The summed E-state index contributed by atoms with van der Waals surface area (Å²) in [5.74, 6) is 0.646. The van der Waals surface area contributed by atoms with Crippen molar-refractivity contribution in [3.63, 3.8) is 0 Å². The van der Waals surface area contributed by atoms with E-state index in [1.165, 1.54) is 12.0 Å². The third kappa shape index (κ3) is 0.568. The molecule has 2 aliphatic carbocycles. The molecule has 0 amide bonds. The Bertz CT molecular complexity index is 234. The Hall–Kier alpha value is -0.770. The zero-order valence-electron chi connectivity index (χ0n) is 6.22. The molecule has 0 aromatic heterocycles. The van der Waals surface area contributed by atoms with Gasteiger partial charge in [-0.05, 0) is 32.1 Å². The average Bonchev–Trinajstić information content (AvgIpc) is 2.46. The van der Waals surface area contributed by atoms with E-state index in [9.17, 15) is 0 Å². The third-order valence-electron chi connectivity index (χ3n) is 2.95. The smallest absolute Gasteiger partial charge is 0.0693 e. The fourth-order valence-electron chi connectivity index (χ4n) is 2.17. The molecule has 2 atom stereocenters. The van der Waals surface area contributed by atoms with Gasteiger partial charge in [-0.2, -0.15) is 5.26 Å². The molecule has 2 rings (SSSR count). The van der Waals surface area contributed by atoms with Gasteiger partial charge in [0.25, 0.3) is 0 Å². The van der Waals surface area contributed by atoms with Crippen LogP contribution in [-0.2, 0) is 0 Å². The normalized spacial score (nSPS) is 43.2. The second kappa shape index (κ2) is 1.63. The van der Waals surface area contributed by atoms with Crippen molar-refractivity contribution < 1.29 is 0 Å². The highest BCUT2D eigenvalue weighted by molar-refractivity contribution is 5.26. The Morgan fingerprint density at radius 3 is 2.90 bits per heavy atom. The van der Waals surface area contributed by atoms with Crippen molar-refractivity contribution in [3.05, 3.63) is 11.6 Å². The van der Waals surface area contributed by atoms with Gasteiger partial charge in [-0.25, -0.2) is 0 Å². The zero-order chi connectivity index (χ0) is 7.19. The topological polar surface area (TPSA) is 23.8 Å². The monoisotopic (exact) mass is 133 g/mol. The van der Waals surface area contributed by atoms with E-state index in [1.54, 1.807) is 0 Å². The Morgan fingerprint density at radius 1 is 1.80 bits per heavy atom. The van der Waals surface area contributed by atoms with Crippen LogP contribution < -0.4 is 0 Å². The average molecular weight is 133 g/mol. The molecule has 0 heterocycles. The Balaban J connectivity index is 2.34. The maximum atomic E-state index is 8.87. The van der Waals surface area contributed by atoms with Crippen molar-refractivity contribution >= 4 is 0 Å². The highest BCUT2D eigenvalue weighted by atomic mass is 14.5. The number of nitriles is 1. The van der Waals surface area contributed by atoms with Gasteiger partial charge < -0.3 is 0 Å². The molecule has 0 saturated heterocycles. The van der Waals surface area contributed by atoms with Crippen molar-refractivity contribution in [3.8, 4) is 6.07 Å². The molecular formula is C9H11N. The lowest BCUT2D eigenvalue weighted by Crippen LogP contribution is -2.19. The van der Waals surface area contributed by atoms with Gasteiger partial charge in [0.15, 0.2) is 0 Å². The maximum Gasteiger partial charge on any atom is 0.0693 e. The second-order valence-electron chi connectivity index (χ2n) is 3.71. The first-order valence-corrected chi connectivity index (χ1v) is 3.84. The summed E-state index contributed by atoms with van der Waals surface area (Å²) in [6.07, 6.45) is 5.70. The molecule has 1 heteroatoms. The van der Waals surface area contributed by atoms with Crippen molar-refractivity contribution in [1.29, 1.82) is 5.26 Å². The van der Waals surface area contributed by atoms with Crippen LogP contribution in [0.3, 0.4) is 0 Å². The lowest BCUT2D eigenvalue weighted by Gasteiger charge is -2.22. The van der Waals surface area contributed by atoms with Crippen LogP contribution in [0.15, 0.2) is 11.6 Å². The van der Waals surface area contributed by atoms with Crippen molar-refractivity contribution in [1.82, 2.24) is 0 Å². The van der Waals surface area contributed by atoms with Gasteiger partial charge in [0.05, 0.1) is 11.5 Å². The lowest BCUT2D eigenvalue weighted by atomic mass is 9.78. The van der Waals surface area contributed by atoms with Crippen LogP contribution in [0.4, 0.5) is 0 Å². The van der Waals surface area contributed by atoms with Gasteiger partial charge in [-0.1, -0.05) is 11.6 Å². The molecule has 2 aliphatic rings. The molecule has 1 fully saturated rings. The summed E-state index contributed by atoms with van der Waals surface area (Å²) in [4.78, 5) is 0. The molecule has 1 nitrogen and oxygen atoms in total. The maximum absolute atomic E-state index is 8.87. The van der Waals surface area contributed by atoms with Crippen LogP contribution in [0.5, 0.6) is 0 Å². The first-order valence-electron chi connectivity index (χ1n) is 3.84. The fourth-order valence-corrected chi connectivity index (χ4v) is 2.17. The summed E-state index contributed by atoms with van der Waals surface area (Å²) < 4.78 is 0. The number of nitrogens with zero attached hydrogens (tertiary/aromatic N) is 1. The van der Waals surface area contributed by atoms with E-state index in [2.05, 4.69) is 19.1 Å². The summed E-state index contributed by atoms with van der Waals surface area (Å²) in [6.45, 7) is 2.09. The van der Waals surface area contributed by atoms with Crippen LogP contribution in [0.1, 0.15) is 26.2 Å². The van der Waals surface area contributed by atoms with Gasteiger partial charge in [0.1, 0.15) is 0 Å². The summed E-state index contributed by atoms with van der Waals surface area (Å²) in [5, 5.41) is 8.87. The third-order valence-corrected chi connectivity index (χ3v) is 2.95. The molecule has 52 valence electrons. The molecule has 0 aromatic rings. The predicted molar refractivity (Wildman–Crippen MR) is 39.1 cm³/mol. The molecule has 2 unspecified atom stereocenters. The summed E-state index contributed by atoms with van der Waals surface area (Å²) in [6, 6.07) is 2.43. The summed E-state index contributed by atoms with van der Waals surface area (Å²) >= 11 is 0. The minimum atomic E-state index is -0.00984. The SMILES string of the molecule is CC1(C#N)CC2=CCC1C2. The zero-order valence-corrected chi connectivity index (χ0v) is 6.22. The van der Waals surface area contributed by atoms with Crippen molar-refractivity contribution in [2.45, 2.75) is 26.2 Å². The molecule has 10 heavy (non-hydrogen) atoms. The number of hydrogen-bond donors (Lipinski definition) is 0. The Morgan fingerprint density at radius 2 is 2.60 bits per heavy atom. The molecule has 2 bridgehead atoms. The first kappa shape index (κ1) is 5.97. The fraction of sp³-hybridized carbons (Fsp3) is 0.667. The highest BCUT2D eigenvalue weighted by Crippen LogP contribution is 2.51. The Labute approximate surface area is 61.4 Å². The van der Waals surface area contributed by atoms with Gasteiger partial charge in [-0.15, -0.1) is 0 Å². The predicted octanol–water partition coefficient (Wildman–Crippen LogP) is 2.26. The van der Waals surface area contributed by atoms with Crippen molar-refractivity contribution in [2.24, 2.45) is 11.3 Å². The van der Waals surface area contributed by atoms with E-state index in [1.807, 2.05) is 0 Å². The minimum Gasteiger partial charge on any atom is -0.198 e. The van der Waals surface area contributed by atoms with Gasteiger partial charge in [-0.3, -0.25) is 0 Å². The standard InChI is InChI=1S/C9H11N/c1-9(6-10)5-7-2-3-8(9)4-7/h2,8H,3-5H2,1H3. The van der Waals surface area contributed by atoms with E-state index in [0.29, 0.717) is 5.92 Å². The summed E-state index contributed by atoms with van der Waals surface area (Å²) in [7, 11) is 0. The quantitative estimate of drug-likeness (QED) is 0.465. The largest absolute Gasteiger partial charge is 0.198 e. The lowest BCUT2D eigenvalue weighted by molar-refractivity contribution is 0.318. The number of rotatable bonds is 0. The van der Waals surface area contributed by atoms with Gasteiger partial charge in [0, 0.05) is 0 Å². The second-order valence-corrected chi connectivity index (χ2v) is 3.71. The van der Waals surface area contributed by atoms with E-state index in [4.69, 9.17) is 5.26 Å². The van der Waals surface area contributed by atoms with Crippen LogP contribution in [0, 0.1) is 22.7 Å². The molecule has 1 saturated carbocycles. The first-order chi connectivity index (χ1) is 4.74.